The van der Waals surface area contributed by atoms with Crippen LogP contribution in [0.1, 0.15) is 27.7 Å². The Balaban J connectivity index is 0.000000152. The van der Waals surface area contributed by atoms with Crippen LogP contribution in [0.3, 0.4) is 0 Å². The predicted octanol–water partition coefficient (Wildman–Crippen LogP) is 21.7. The lowest BCUT2D eigenvalue weighted by Gasteiger charge is -2.32. The van der Waals surface area contributed by atoms with Crippen LogP contribution in [0.15, 0.2) is 300 Å². The molecule has 1 fully saturated rings. The monoisotopic (exact) mass is 1300 g/mol. The van der Waals surface area contributed by atoms with Crippen molar-refractivity contribution in [1.82, 2.24) is 0 Å². The van der Waals surface area contributed by atoms with E-state index in [1.54, 1.807) is 0 Å². The average molecular weight is 1310 g/mol. The van der Waals surface area contributed by atoms with Crippen LogP contribution in [-0.2, 0) is 9.31 Å². The second-order valence-corrected chi connectivity index (χ2v) is 24.2. The molecule has 0 aliphatic carbocycles. The van der Waals surface area contributed by atoms with Gasteiger partial charge in [0.2, 0.25) is 0 Å². The van der Waals surface area contributed by atoms with Crippen molar-refractivity contribution in [1.29, 1.82) is 0 Å². The third-order valence-electron chi connectivity index (χ3n) is 15.3. The summed E-state index contributed by atoms with van der Waals surface area (Å²) >= 11 is 9.13. The van der Waals surface area contributed by atoms with E-state index in [0.717, 1.165) is 48.4 Å². The summed E-state index contributed by atoms with van der Waals surface area (Å²) in [6.45, 7) is 8.33. The van der Waals surface area contributed by atoms with Crippen molar-refractivity contribution in [3.8, 4) is 33.4 Å². The van der Waals surface area contributed by atoms with Crippen molar-refractivity contribution in [2.24, 2.45) is 0 Å². The predicted molar refractivity (Wildman–Crippen MR) is 364 cm³/mol. The maximum atomic E-state index is 6.22. The molecule has 0 aromatic heterocycles. The minimum atomic E-state index is -0.350. The van der Waals surface area contributed by atoms with Gasteiger partial charge in [0.15, 0.2) is 0 Å². The normalized spacial score (nSPS) is 13.1. The van der Waals surface area contributed by atoms with Gasteiger partial charge in [0.05, 0.1) is 22.6 Å². The molecule has 1 aliphatic heterocycles. The molecule has 0 saturated carbocycles. The van der Waals surface area contributed by atoms with Gasteiger partial charge in [-0.2, -0.15) is 0 Å². The zero-order valence-electron chi connectivity index (χ0n) is 46.1. The number of para-hydroxylation sites is 2. The Morgan fingerprint density at radius 2 is 0.610 bits per heavy atom. The lowest BCUT2D eigenvalue weighted by molar-refractivity contribution is 0.00578. The number of nitrogens with zero attached hydrogens (tertiary/aromatic N) is 2. The maximum Gasteiger partial charge on any atom is 0.494 e. The summed E-state index contributed by atoms with van der Waals surface area (Å²) in [5.41, 5.74) is 14.4. The van der Waals surface area contributed by atoms with Crippen molar-refractivity contribution in [2.75, 3.05) is 9.80 Å². The van der Waals surface area contributed by atoms with Crippen LogP contribution in [0.2, 0.25) is 0 Å². The van der Waals surface area contributed by atoms with Gasteiger partial charge in [-0.25, -0.2) is 0 Å². The Labute approximate surface area is 513 Å². The molecule has 4 nitrogen and oxygen atoms in total. The number of benzene rings is 12. The molecule has 0 spiro atoms. The Hall–Kier alpha value is -7.57. The van der Waals surface area contributed by atoms with Crippen molar-refractivity contribution in [2.45, 2.75) is 38.9 Å². The van der Waals surface area contributed by atoms with E-state index in [1.165, 1.54) is 58.6 Å². The number of anilines is 6. The fourth-order valence-electron chi connectivity index (χ4n) is 10.2. The Bertz CT molecular complexity index is 4010. The van der Waals surface area contributed by atoms with Crippen molar-refractivity contribution in [3.63, 3.8) is 0 Å². The third-order valence-corrected chi connectivity index (χ3v) is 17.0. The fourth-order valence-corrected chi connectivity index (χ4v) is 11.0. The highest BCUT2D eigenvalue weighted by Gasteiger charge is 2.51. The molecule has 1 heterocycles. The van der Waals surface area contributed by atoms with E-state index < -0.39 is 0 Å². The molecule has 12 aromatic carbocycles. The minimum Gasteiger partial charge on any atom is -0.399 e. The molecule has 0 radical (unpaired) electrons. The quantitative estimate of drug-likeness (QED) is 0.101. The van der Waals surface area contributed by atoms with Gasteiger partial charge in [-0.1, -0.05) is 226 Å². The van der Waals surface area contributed by atoms with Gasteiger partial charge in [0, 0.05) is 46.0 Å². The topological polar surface area (TPSA) is 24.9 Å². The van der Waals surface area contributed by atoms with Crippen LogP contribution in [0.25, 0.3) is 54.9 Å². The maximum absolute atomic E-state index is 6.22. The van der Waals surface area contributed by atoms with Crippen LogP contribution in [0, 0.1) is 3.57 Å². The second kappa shape index (κ2) is 25.3. The van der Waals surface area contributed by atoms with Gasteiger partial charge >= 0.3 is 7.12 Å². The molecule has 0 unspecified atom stereocenters. The van der Waals surface area contributed by atoms with Crippen molar-refractivity contribution in [3.05, 3.63) is 304 Å². The Kier molecular flexibility index (Phi) is 17.4. The summed E-state index contributed by atoms with van der Waals surface area (Å²) in [6.07, 6.45) is 0. The van der Waals surface area contributed by atoms with E-state index in [2.05, 4.69) is 371 Å². The first kappa shape index (κ1) is 56.3. The first-order chi connectivity index (χ1) is 39.9. The number of rotatable bonds is 10. The molecule has 8 heteroatoms. The lowest BCUT2D eigenvalue weighted by atomic mass is 9.78. The van der Waals surface area contributed by atoms with Crippen molar-refractivity contribution < 1.29 is 9.31 Å². The minimum absolute atomic E-state index is 0.346. The summed E-state index contributed by atoms with van der Waals surface area (Å²) in [4.78, 5) is 4.66. The fraction of sp³-hybridized carbons (Fsp3) is 0.0811. The molecule has 0 N–H and O–H groups in total. The molecule has 0 atom stereocenters. The zero-order valence-corrected chi connectivity index (χ0v) is 51.5. The summed E-state index contributed by atoms with van der Waals surface area (Å²) in [5, 5.41) is 4.92. The highest BCUT2D eigenvalue weighted by Crippen LogP contribution is 2.42. The van der Waals surface area contributed by atoms with Crippen LogP contribution in [0.4, 0.5) is 34.1 Å². The largest absolute Gasteiger partial charge is 0.494 e. The molecule has 0 amide bonds. The molecule has 402 valence electrons. The SMILES string of the molecule is Brc1ccc(-c2ccc(-c3ccc(N(c4ccccc4)c4cccc5ccccc45)cc3)cc2)cc1.Brc1ccc(I)cc1.CC1(C)OB(c2ccc(-c3ccc(N(c4ccccc4)c4cccc5ccccc45)cc3)cc2)OC1(C)C. The smallest absolute Gasteiger partial charge is 0.399 e. The molecule has 82 heavy (non-hydrogen) atoms. The summed E-state index contributed by atoms with van der Waals surface area (Å²) in [6, 6.07) is 103. The number of halogens is 3. The second-order valence-electron chi connectivity index (χ2n) is 21.2. The van der Waals surface area contributed by atoms with Gasteiger partial charge in [0.1, 0.15) is 0 Å². The van der Waals surface area contributed by atoms with E-state index in [0.29, 0.717) is 0 Å². The number of hydrogen-bond donors (Lipinski definition) is 0. The average Bonchev–Trinajstić information content (AvgIpc) is 3.95. The molecule has 1 aliphatic rings. The standard InChI is InChI=1S/C34H32BNO2.C34H24BrN.C6H4BrI/c1-33(2)34(3,4)38-35(37-33)28-21-17-25(18-22-28)26-19-23-30(24-20-26)36(29-13-6-5-7-14-29)32-16-10-12-27-11-8-9-15-31(27)32;35-30-21-17-27(18-22-30)25-13-15-26(16-14-25)28-19-23-32(24-20-28)36(31-9-2-1-3-10-31)34-12-6-8-29-7-4-5-11-33(29)34;7-5-1-3-6(8)4-2-5/h5-24H,1-4H3;1-24H;1-4H. The molecule has 0 bridgehead atoms. The van der Waals surface area contributed by atoms with E-state index >= 15 is 0 Å². The van der Waals surface area contributed by atoms with Gasteiger partial charge in [-0.05, 0) is 197 Å². The molecular weight excluding hydrogens is 1250 g/mol. The van der Waals surface area contributed by atoms with Crippen LogP contribution in [-0.4, -0.2) is 18.3 Å². The zero-order chi connectivity index (χ0) is 56.6. The summed E-state index contributed by atoms with van der Waals surface area (Å²) < 4.78 is 15.9. The summed E-state index contributed by atoms with van der Waals surface area (Å²) in [7, 11) is -0.350. The number of fused-ring (bicyclic) bond motifs is 2. The Morgan fingerprint density at radius 1 is 0.317 bits per heavy atom. The lowest BCUT2D eigenvalue weighted by Crippen LogP contribution is -2.41. The molecular formula is C74H60BBr2IN2O2. The first-order valence-corrected chi connectivity index (χ1v) is 30.1. The van der Waals surface area contributed by atoms with E-state index in [1.807, 2.05) is 12.1 Å². The molecule has 1 saturated heterocycles. The molecule has 13 rings (SSSR count). The highest BCUT2D eigenvalue weighted by molar-refractivity contribution is 14.1. The first-order valence-electron chi connectivity index (χ1n) is 27.5. The van der Waals surface area contributed by atoms with E-state index in [4.69, 9.17) is 9.31 Å². The van der Waals surface area contributed by atoms with Crippen LogP contribution < -0.4 is 15.3 Å². The number of hydrogen-bond acceptors (Lipinski definition) is 4. The van der Waals surface area contributed by atoms with Gasteiger partial charge in [-0.15, -0.1) is 0 Å². The molecule has 12 aromatic rings. The van der Waals surface area contributed by atoms with Gasteiger partial charge in [-0.3, -0.25) is 0 Å². The van der Waals surface area contributed by atoms with E-state index in [9.17, 15) is 0 Å². The van der Waals surface area contributed by atoms with Gasteiger partial charge < -0.3 is 19.1 Å². The van der Waals surface area contributed by atoms with Crippen LogP contribution in [0.5, 0.6) is 0 Å². The highest BCUT2D eigenvalue weighted by atomic mass is 127. The Morgan fingerprint density at radius 3 is 0.988 bits per heavy atom. The van der Waals surface area contributed by atoms with Gasteiger partial charge in [0.25, 0.3) is 0 Å². The third kappa shape index (κ3) is 12.9. The summed E-state index contributed by atoms with van der Waals surface area (Å²) in [5.74, 6) is 0. The van der Waals surface area contributed by atoms with Crippen LogP contribution >= 0.6 is 54.5 Å². The van der Waals surface area contributed by atoms with E-state index in [-0.39, 0.29) is 18.3 Å². The van der Waals surface area contributed by atoms with Crippen molar-refractivity contribution >= 4 is 123 Å².